The standard InChI is InChI=1S/C19H28O2/c1-6-9-15(4)20-18-13-12-17(11-8-3)14-19(18)21-16(5)10-7-2/h12-14H,4-11H2,1-3H3. The number of ether oxygens (including phenoxy) is 2. The maximum atomic E-state index is 5.89. The van der Waals surface area contributed by atoms with Gasteiger partial charge in [-0.3, -0.25) is 0 Å². The molecule has 1 aromatic carbocycles. The maximum Gasteiger partial charge on any atom is 0.169 e. The van der Waals surface area contributed by atoms with Crippen LogP contribution < -0.4 is 9.47 Å². The van der Waals surface area contributed by atoms with Crippen LogP contribution in [0.5, 0.6) is 11.5 Å². The molecule has 21 heavy (non-hydrogen) atoms. The molecule has 0 N–H and O–H groups in total. The van der Waals surface area contributed by atoms with E-state index in [9.17, 15) is 0 Å². The van der Waals surface area contributed by atoms with Crippen molar-refractivity contribution >= 4 is 0 Å². The Hall–Kier alpha value is -1.70. The van der Waals surface area contributed by atoms with Crippen molar-refractivity contribution in [3.05, 3.63) is 48.4 Å². The minimum Gasteiger partial charge on any atom is -0.458 e. The Morgan fingerprint density at radius 2 is 1.43 bits per heavy atom. The van der Waals surface area contributed by atoms with Crippen LogP contribution in [0.1, 0.15) is 58.4 Å². The van der Waals surface area contributed by atoms with E-state index >= 15 is 0 Å². The summed E-state index contributed by atoms with van der Waals surface area (Å²) in [5.74, 6) is 3.02. The Bertz CT molecular complexity index is 474. The molecule has 0 aliphatic rings. The van der Waals surface area contributed by atoms with E-state index < -0.39 is 0 Å². The summed E-state index contributed by atoms with van der Waals surface area (Å²) in [5, 5.41) is 0. The third kappa shape index (κ3) is 6.07. The molecule has 0 saturated carbocycles. The predicted molar refractivity (Wildman–Crippen MR) is 89.8 cm³/mol. The molecule has 0 heterocycles. The van der Waals surface area contributed by atoms with E-state index in [1.807, 2.05) is 6.07 Å². The molecule has 0 aliphatic heterocycles. The molecule has 0 bridgehead atoms. The highest BCUT2D eigenvalue weighted by molar-refractivity contribution is 5.44. The van der Waals surface area contributed by atoms with Gasteiger partial charge in [0, 0.05) is 12.8 Å². The van der Waals surface area contributed by atoms with Crippen molar-refractivity contribution in [1.82, 2.24) is 0 Å². The molecule has 116 valence electrons. The lowest BCUT2D eigenvalue weighted by molar-refractivity contribution is 0.350. The monoisotopic (exact) mass is 288 g/mol. The summed E-state index contributed by atoms with van der Waals surface area (Å²) in [6, 6.07) is 6.12. The summed E-state index contributed by atoms with van der Waals surface area (Å²) in [6.07, 6.45) is 5.89. The van der Waals surface area contributed by atoms with E-state index in [0.717, 1.165) is 61.5 Å². The number of hydrogen-bond acceptors (Lipinski definition) is 2. The predicted octanol–water partition coefficient (Wildman–Crippen LogP) is 6.02. The molecule has 0 fully saturated rings. The average Bonchev–Trinajstić information content (AvgIpc) is 2.42. The zero-order valence-corrected chi connectivity index (χ0v) is 13.7. The summed E-state index contributed by atoms with van der Waals surface area (Å²) >= 11 is 0. The SMILES string of the molecule is C=C(CCC)Oc1ccc(CCC)cc1OC(=C)CCC. The quantitative estimate of drug-likeness (QED) is 0.490. The van der Waals surface area contributed by atoms with Crippen LogP contribution >= 0.6 is 0 Å². The van der Waals surface area contributed by atoms with Gasteiger partial charge in [0.15, 0.2) is 11.5 Å². The molecule has 1 rings (SSSR count). The van der Waals surface area contributed by atoms with Crippen LogP contribution in [0, 0.1) is 0 Å². The van der Waals surface area contributed by atoms with Gasteiger partial charge in [0.1, 0.15) is 0 Å². The van der Waals surface area contributed by atoms with E-state index in [1.54, 1.807) is 0 Å². The molecule has 0 spiro atoms. The van der Waals surface area contributed by atoms with Gasteiger partial charge in [0.25, 0.3) is 0 Å². The lowest BCUT2D eigenvalue weighted by Crippen LogP contribution is -2.00. The highest BCUT2D eigenvalue weighted by atomic mass is 16.5. The van der Waals surface area contributed by atoms with Crippen molar-refractivity contribution in [2.45, 2.75) is 59.3 Å². The molecule has 0 radical (unpaired) electrons. The Labute approximate surface area is 129 Å². The minimum atomic E-state index is 0.727. The molecule has 1 aromatic rings. The van der Waals surface area contributed by atoms with Gasteiger partial charge in [-0.2, -0.15) is 0 Å². The van der Waals surface area contributed by atoms with Crippen LogP contribution in [0.2, 0.25) is 0 Å². The number of rotatable bonds is 10. The minimum absolute atomic E-state index is 0.727. The molecule has 0 atom stereocenters. The first-order chi connectivity index (χ1) is 10.1. The Morgan fingerprint density at radius 3 is 1.95 bits per heavy atom. The van der Waals surface area contributed by atoms with Crippen LogP contribution in [-0.2, 0) is 6.42 Å². The Morgan fingerprint density at radius 1 is 0.857 bits per heavy atom. The van der Waals surface area contributed by atoms with Crippen LogP contribution in [0.3, 0.4) is 0 Å². The topological polar surface area (TPSA) is 18.5 Å². The third-order valence-corrected chi connectivity index (χ3v) is 3.11. The Balaban J connectivity index is 2.93. The molecular weight excluding hydrogens is 260 g/mol. The second kappa shape index (κ2) is 9.28. The fourth-order valence-electron chi connectivity index (χ4n) is 2.13. The van der Waals surface area contributed by atoms with Crippen LogP contribution in [0.15, 0.2) is 42.9 Å². The van der Waals surface area contributed by atoms with Gasteiger partial charge in [-0.05, 0) is 37.0 Å². The number of aryl methyl sites for hydroxylation is 1. The van der Waals surface area contributed by atoms with Crippen molar-refractivity contribution in [2.75, 3.05) is 0 Å². The summed E-state index contributed by atoms with van der Waals surface area (Å²) in [7, 11) is 0. The molecule has 2 nitrogen and oxygen atoms in total. The first-order valence-corrected chi connectivity index (χ1v) is 7.94. The van der Waals surface area contributed by atoms with Crippen molar-refractivity contribution in [1.29, 1.82) is 0 Å². The number of hydrogen-bond donors (Lipinski definition) is 0. The number of allylic oxidation sites excluding steroid dienone is 2. The zero-order valence-electron chi connectivity index (χ0n) is 13.7. The van der Waals surface area contributed by atoms with E-state index in [2.05, 4.69) is 46.1 Å². The highest BCUT2D eigenvalue weighted by Gasteiger charge is 2.10. The molecule has 0 saturated heterocycles. The van der Waals surface area contributed by atoms with E-state index in [0.29, 0.717) is 0 Å². The van der Waals surface area contributed by atoms with Gasteiger partial charge in [0.2, 0.25) is 0 Å². The lowest BCUT2D eigenvalue weighted by atomic mass is 10.1. The van der Waals surface area contributed by atoms with Crippen molar-refractivity contribution < 1.29 is 9.47 Å². The fourth-order valence-corrected chi connectivity index (χ4v) is 2.13. The van der Waals surface area contributed by atoms with Crippen molar-refractivity contribution in [2.24, 2.45) is 0 Å². The van der Waals surface area contributed by atoms with Gasteiger partial charge in [-0.15, -0.1) is 0 Å². The molecule has 0 aromatic heterocycles. The van der Waals surface area contributed by atoms with E-state index in [4.69, 9.17) is 9.47 Å². The van der Waals surface area contributed by atoms with Gasteiger partial charge in [-0.25, -0.2) is 0 Å². The highest BCUT2D eigenvalue weighted by Crippen LogP contribution is 2.32. The van der Waals surface area contributed by atoms with Crippen LogP contribution in [0.4, 0.5) is 0 Å². The largest absolute Gasteiger partial charge is 0.458 e. The van der Waals surface area contributed by atoms with Crippen LogP contribution in [0.25, 0.3) is 0 Å². The van der Waals surface area contributed by atoms with Gasteiger partial charge < -0.3 is 9.47 Å². The average molecular weight is 288 g/mol. The lowest BCUT2D eigenvalue weighted by Gasteiger charge is -2.15. The zero-order chi connectivity index (χ0) is 15.7. The normalized spacial score (nSPS) is 10.2. The molecule has 0 unspecified atom stereocenters. The summed E-state index contributed by atoms with van der Waals surface area (Å²) in [6.45, 7) is 14.3. The summed E-state index contributed by atoms with van der Waals surface area (Å²) < 4.78 is 11.7. The summed E-state index contributed by atoms with van der Waals surface area (Å²) in [4.78, 5) is 0. The molecule has 0 amide bonds. The van der Waals surface area contributed by atoms with Gasteiger partial charge >= 0.3 is 0 Å². The third-order valence-electron chi connectivity index (χ3n) is 3.11. The fraction of sp³-hybridized carbons (Fsp3) is 0.474. The van der Waals surface area contributed by atoms with Gasteiger partial charge in [0.05, 0.1) is 11.5 Å². The second-order valence-corrected chi connectivity index (χ2v) is 5.31. The van der Waals surface area contributed by atoms with E-state index in [1.165, 1.54) is 5.56 Å². The first kappa shape index (κ1) is 17.4. The smallest absolute Gasteiger partial charge is 0.169 e. The first-order valence-electron chi connectivity index (χ1n) is 7.94. The maximum absolute atomic E-state index is 5.89. The van der Waals surface area contributed by atoms with Crippen molar-refractivity contribution in [3.63, 3.8) is 0 Å². The van der Waals surface area contributed by atoms with Crippen molar-refractivity contribution in [3.8, 4) is 11.5 Å². The summed E-state index contributed by atoms with van der Waals surface area (Å²) in [5.41, 5.74) is 1.25. The Kier molecular flexibility index (Phi) is 7.66. The van der Waals surface area contributed by atoms with Gasteiger partial charge in [-0.1, -0.05) is 46.4 Å². The molecular formula is C19H28O2. The van der Waals surface area contributed by atoms with Crippen LogP contribution in [-0.4, -0.2) is 0 Å². The van der Waals surface area contributed by atoms with E-state index in [-0.39, 0.29) is 0 Å². The number of benzene rings is 1. The molecule has 2 heteroatoms. The molecule has 0 aliphatic carbocycles. The second-order valence-electron chi connectivity index (χ2n) is 5.31.